The Morgan fingerprint density at radius 2 is 2.09 bits per heavy atom. The zero-order chi connectivity index (χ0) is 16.8. The van der Waals surface area contributed by atoms with Gasteiger partial charge in [0.2, 0.25) is 0 Å². The van der Waals surface area contributed by atoms with Gasteiger partial charge in [-0.25, -0.2) is 17.9 Å². The van der Waals surface area contributed by atoms with Crippen LogP contribution in [0.15, 0.2) is 18.5 Å². The van der Waals surface area contributed by atoms with Crippen molar-refractivity contribution in [2.75, 3.05) is 24.2 Å². The number of fused-ring (bicyclic) bond motifs is 1. The molecule has 0 aliphatic carbocycles. The third kappa shape index (κ3) is 3.12. The topological polar surface area (TPSA) is 67.6 Å². The average molecular weight is 348 g/mol. The second-order valence-corrected chi connectivity index (χ2v) is 7.97. The molecule has 1 unspecified atom stereocenters. The van der Waals surface area contributed by atoms with E-state index >= 15 is 0 Å². The van der Waals surface area contributed by atoms with Crippen molar-refractivity contribution < 1.29 is 21.6 Å². The van der Waals surface area contributed by atoms with E-state index in [1.165, 1.54) is 18.6 Å². The molecule has 6 nitrogen and oxygen atoms in total. The zero-order valence-electron chi connectivity index (χ0n) is 12.3. The second-order valence-electron chi connectivity index (χ2n) is 5.65. The molecule has 0 amide bonds. The lowest BCUT2D eigenvalue weighted by Crippen LogP contribution is -2.42. The predicted molar refractivity (Wildman–Crippen MR) is 78.1 cm³/mol. The van der Waals surface area contributed by atoms with Crippen LogP contribution in [0, 0.1) is 0 Å². The Kier molecular flexibility index (Phi) is 3.74. The van der Waals surface area contributed by atoms with Gasteiger partial charge in [-0.2, -0.15) is 18.3 Å². The fourth-order valence-electron chi connectivity index (χ4n) is 2.77. The molecule has 1 saturated heterocycles. The summed E-state index contributed by atoms with van der Waals surface area (Å²) in [7, 11) is -3.21. The fourth-order valence-corrected chi connectivity index (χ4v) is 3.82. The van der Waals surface area contributed by atoms with Gasteiger partial charge in [-0.1, -0.05) is 0 Å². The molecular formula is C13H15F3N4O2S. The number of anilines is 1. The summed E-state index contributed by atoms with van der Waals surface area (Å²) in [5.41, 5.74) is -0.780. The van der Waals surface area contributed by atoms with Crippen molar-refractivity contribution in [1.29, 1.82) is 0 Å². The number of alkyl halides is 3. The normalized spacial score (nSPS) is 20.2. The number of hydrogen-bond acceptors (Lipinski definition) is 5. The molecule has 0 bridgehead atoms. The van der Waals surface area contributed by atoms with Crippen LogP contribution in [0.4, 0.5) is 19.0 Å². The lowest BCUT2D eigenvalue weighted by atomic mass is 10.1. The molecule has 126 valence electrons. The van der Waals surface area contributed by atoms with Gasteiger partial charge < -0.3 is 4.90 Å². The lowest BCUT2D eigenvalue weighted by molar-refractivity contribution is -0.141. The summed E-state index contributed by atoms with van der Waals surface area (Å²) < 4.78 is 63.1. The summed E-state index contributed by atoms with van der Waals surface area (Å²) in [6.07, 6.45) is 0.522. The van der Waals surface area contributed by atoms with Gasteiger partial charge >= 0.3 is 6.18 Å². The summed E-state index contributed by atoms with van der Waals surface area (Å²) in [4.78, 5) is 5.86. The van der Waals surface area contributed by atoms with Gasteiger partial charge in [-0.3, -0.25) is 0 Å². The van der Waals surface area contributed by atoms with Gasteiger partial charge in [-0.15, -0.1) is 0 Å². The SMILES string of the molecule is CS(=O)(=O)C1CCCN(c2nccn3nc(C(F)(F)F)cc23)C1. The summed E-state index contributed by atoms with van der Waals surface area (Å²) in [5, 5.41) is 2.98. The fraction of sp³-hybridized carbons (Fsp3) is 0.538. The maximum atomic E-state index is 12.8. The number of nitrogens with zero attached hydrogens (tertiary/aromatic N) is 4. The molecule has 0 N–H and O–H groups in total. The molecule has 3 heterocycles. The molecular weight excluding hydrogens is 333 g/mol. The molecule has 0 radical (unpaired) electrons. The molecule has 3 rings (SSSR count). The van der Waals surface area contributed by atoms with Crippen LogP contribution in [-0.4, -0.2) is 47.6 Å². The predicted octanol–water partition coefficient (Wildman–Crippen LogP) is 1.76. The summed E-state index contributed by atoms with van der Waals surface area (Å²) in [5.74, 6) is 0.323. The van der Waals surface area contributed by atoms with Crippen LogP contribution in [-0.2, 0) is 16.0 Å². The van der Waals surface area contributed by atoms with E-state index < -0.39 is 27.0 Å². The largest absolute Gasteiger partial charge is 0.435 e. The molecule has 0 aromatic carbocycles. The number of aromatic nitrogens is 3. The van der Waals surface area contributed by atoms with Crippen LogP contribution in [0.25, 0.3) is 5.52 Å². The van der Waals surface area contributed by atoms with Crippen LogP contribution in [0.1, 0.15) is 18.5 Å². The van der Waals surface area contributed by atoms with E-state index in [9.17, 15) is 21.6 Å². The van der Waals surface area contributed by atoms with E-state index in [0.29, 0.717) is 25.2 Å². The van der Waals surface area contributed by atoms with Crippen LogP contribution in [0.5, 0.6) is 0 Å². The second kappa shape index (κ2) is 5.36. The Hall–Kier alpha value is -1.84. The summed E-state index contributed by atoms with van der Waals surface area (Å²) in [6.45, 7) is 0.767. The third-order valence-corrected chi connectivity index (χ3v) is 5.54. The lowest BCUT2D eigenvalue weighted by Gasteiger charge is -2.32. The summed E-state index contributed by atoms with van der Waals surface area (Å²) >= 11 is 0. The Morgan fingerprint density at radius 1 is 1.35 bits per heavy atom. The number of piperidine rings is 1. The molecule has 2 aromatic heterocycles. The summed E-state index contributed by atoms with van der Waals surface area (Å²) in [6, 6.07) is 0.937. The van der Waals surface area contributed by atoms with Crippen LogP contribution >= 0.6 is 0 Å². The Morgan fingerprint density at radius 3 is 2.74 bits per heavy atom. The van der Waals surface area contributed by atoms with E-state index in [4.69, 9.17) is 0 Å². The van der Waals surface area contributed by atoms with Crippen LogP contribution in [0.2, 0.25) is 0 Å². The highest BCUT2D eigenvalue weighted by molar-refractivity contribution is 7.91. The first kappa shape index (κ1) is 16.0. The molecule has 1 fully saturated rings. The highest BCUT2D eigenvalue weighted by Crippen LogP contribution is 2.31. The third-order valence-electron chi connectivity index (χ3n) is 3.94. The minimum Gasteiger partial charge on any atom is -0.354 e. The van der Waals surface area contributed by atoms with Crippen molar-refractivity contribution in [3.63, 3.8) is 0 Å². The van der Waals surface area contributed by atoms with Gasteiger partial charge in [0.1, 0.15) is 5.52 Å². The monoisotopic (exact) mass is 348 g/mol. The van der Waals surface area contributed by atoms with Crippen molar-refractivity contribution in [2.24, 2.45) is 0 Å². The highest BCUT2D eigenvalue weighted by atomic mass is 32.2. The first-order valence-corrected chi connectivity index (χ1v) is 8.97. The van der Waals surface area contributed by atoms with Gasteiger partial charge in [0.25, 0.3) is 0 Å². The van der Waals surface area contributed by atoms with Crippen molar-refractivity contribution in [1.82, 2.24) is 14.6 Å². The molecule has 2 aromatic rings. The van der Waals surface area contributed by atoms with Crippen LogP contribution in [0.3, 0.4) is 0 Å². The minimum atomic E-state index is -4.54. The number of halogens is 3. The Balaban J connectivity index is 2.01. The molecule has 0 spiro atoms. The number of hydrogen-bond donors (Lipinski definition) is 0. The van der Waals surface area contributed by atoms with Crippen molar-refractivity contribution >= 4 is 21.2 Å². The Labute approximate surface area is 130 Å². The van der Waals surface area contributed by atoms with Crippen molar-refractivity contribution in [2.45, 2.75) is 24.3 Å². The van der Waals surface area contributed by atoms with E-state index in [1.54, 1.807) is 4.90 Å². The highest BCUT2D eigenvalue weighted by Gasteiger charge is 2.35. The zero-order valence-corrected chi connectivity index (χ0v) is 13.1. The van der Waals surface area contributed by atoms with Gasteiger partial charge in [-0.05, 0) is 12.8 Å². The molecule has 1 aliphatic heterocycles. The quantitative estimate of drug-likeness (QED) is 0.827. The first-order chi connectivity index (χ1) is 10.7. The van der Waals surface area contributed by atoms with Gasteiger partial charge in [0.15, 0.2) is 21.3 Å². The molecule has 23 heavy (non-hydrogen) atoms. The molecule has 1 atom stereocenters. The smallest absolute Gasteiger partial charge is 0.354 e. The first-order valence-electron chi connectivity index (χ1n) is 7.01. The van der Waals surface area contributed by atoms with Crippen LogP contribution < -0.4 is 4.90 Å². The number of rotatable bonds is 2. The number of sulfone groups is 1. The Bertz CT molecular complexity index is 831. The van der Waals surface area contributed by atoms with E-state index in [-0.39, 0.29) is 12.1 Å². The standard InChI is InChI=1S/C13H15F3N4O2S/c1-23(21,22)9-3-2-5-19(8-9)12-10-7-11(13(14,15)16)18-20(10)6-4-17-12/h4,6-7,9H,2-3,5,8H2,1H3. The molecule has 1 aliphatic rings. The van der Waals surface area contributed by atoms with Crippen molar-refractivity contribution in [3.05, 3.63) is 24.2 Å². The van der Waals surface area contributed by atoms with Gasteiger partial charge in [0, 0.05) is 37.8 Å². The van der Waals surface area contributed by atoms with E-state index in [1.807, 2.05) is 0 Å². The molecule has 0 saturated carbocycles. The van der Waals surface area contributed by atoms with E-state index in [2.05, 4.69) is 10.1 Å². The molecule has 10 heteroatoms. The van der Waals surface area contributed by atoms with Gasteiger partial charge in [0.05, 0.1) is 5.25 Å². The average Bonchev–Trinajstić information content (AvgIpc) is 2.90. The van der Waals surface area contributed by atoms with E-state index in [0.717, 1.165) is 10.6 Å². The maximum absolute atomic E-state index is 12.8. The van der Waals surface area contributed by atoms with Crippen molar-refractivity contribution in [3.8, 4) is 0 Å². The minimum absolute atomic E-state index is 0.217. The maximum Gasteiger partial charge on any atom is 0.435 e.